The Labute approximate surface area is 162 Å². The van der Waals surface area contributed by atoms with Crippen LogP contribution in [0.5, 0.6) is 11.5 Å². The number of hydrogen-bond donors (Lipinski definition) is 0. The van der Waals surface area contributed by atoms with Gasteiger partial charge in [-0.05, 0) is 48.5 Å². The van der Waals surface area contributed by atoms with Gasteiger partial charge in [-0.2, -0.15) is 0 Å². The van der Waals surface area contributed by atoms with Crippen molar-refractivity contribution in [2.45, 2.75) is 6.61 Å². The van der Waals surface area contributed by atoms with Gasteiger partial charge in [0, 0.05) is 27.4 Å². The van der Waals surface area contributed by atoms with E-state index in [2.05, 4.69) is 4.99 Å². The third-order valence-electron chi connectivity index (χ3n) is 3.74. The minimum Gasteiger partial charge on any atom is -0.497 e. The lowest BCUT2D eigenvalue weighted by Gasteiger charge is -2.10. The van der Waals surface area contributed by atoms with Crippen molar-refractivity contribution in [3.05, 3.63) is 87.9 Å². The van der Waals surface area contributed by atoms with Crippen molar-refractivity contribution in [2.24, 2.45) is 4.99 Å². The molecule has 0 atom stereocenters. The van der Waals surface area contributed by atoms with Crippen molar-refractivity contribution in [1.29, 1.82) is 0 Å². The first-order chi connectivity index (χ1) is 12.7. The van der Waals surface area contributed by atoms with Crippen LogP contribution in [0.2, 0.25) is 10.0 Å². The van der Waals surface area contributed by atoms with E-state index in [-0.39, 0.29) is 0 Å². The van der Waals surface area contributed by atoms with Crippen molar-refractivity contribution >= 4 is 35.1 Å². The van der Waals surface area contributed by atoms with E-state index in [1.807, 2.05) is 60.7 Å². The van der Waals surface area contributed by atoms with E-state index in [4.69, 9.17) is 32.7 Å². The Morgan fingerprint density at radius 2 is 1.73 bits per heavy atom. The Bertz CT molecular complexity index is 908. The fourth-order valence-corrected chi connectivity index (χ4v) is 2.71. The van der Waals surface area contributed by atoms with Crippen LogP contribution >= 0.6 is 23.2 Å². The Hall–Kier alpha value is -2.49. The monoisotopic (exact) mass is 385 g/mol. The highest BCUT2D eigenvalue weighted by atomic mass is 35.5. The van der Waals surface area contributed by atoms with Gasteiger partial charge in [0.05, 0.1) is 12.8 Å². The molecule has 0 aliphatic heterocycles. The van der Waals surface area contributed by atoms with Gasteiger partial charge in [0.15, 0.2) is 0 Å². The molecular weight excluding hydrogens is 369 g/mol. The molecule has 0 N–H and O–H groups in total. The predicted octanol–water partition coefficient (Wildman–Crippen LogP) is 6.33. The average Bonchev–Trinajstić information content (AvgIpc) is 2.67. The van der Waals surface area contributed by atoms with Gasteiger partial charge >= 0.3 is 0 Å². The van der Waals surface area contributed by atoms with Gasteiger partial charge in [-0.15, -0.1) is 0 Å². The largest absolute Gasteiger partial charge is 0.497 e. The van der Waals surface area contributed by atoms with E-state index in [0.29, 0.717) is 22.4 Å². The maximum absolute atomic E-state index is 6.18. The summed E-state index contributed by atoms with van der Waals surface area (Å²) in [5.41, 5.74) is 2.52. The standard InChI is InChI=1S/C21H17Cl2NO2/c1-25-19-9-7-18(8-10-19)24-13-16-12-17(22)6-11-21(16)26-14-15-4-2-3-5-20(15)23/h2-13H,14H2,1H3. The maximum Gasteiger partial charge on any atom is 0.128 e. The van der Waals surface area contributed by atoms with Gasteiger partial charge in [-0.25, -0.2) is 0 Å². The number of methoxy groups -OCH3 is 1. The van der Waals surface area contributed by atoms with Gasteiger partial charge in [0.2, 0.25) is 0 Å². The van der Waals surface area contributed by atoms with Gasteiger partial charge in [-0.1, -0.05) is 41.4 Å². The third kappa shape index (κ3) is 4.78. The first-order valence-corrected chi connectivity index (χ1v) is 8.75. The van der Waals surface area contributed by atoms with Gasteiger partial charge in [-0.3, -0.25) is 4.99 Å². The van der Waals surface area contributed by atoms with Crippen molar-refractivity contribution < 1.29 is 9.47 Å². The van der Waals surface area contributed by atoms with E-state index in [9.17, 15) is 0 Å². The Kier molecular flexibility index (Phi) is 6.16. The van der Waals surface area contributed by atoms with Gasteiger partial charge < -0.3 is 9.47 Å². The summed E-state index contributed by atoms with van der Waals surface area (Å²) >= 11 is 12.3. The van der Waals surface area contributed by atoms with E-state index >= 15 is 0 Å². The summed E-state index contributed by atoms with van der Waals surface area (Å²) in [5.74, 6) is 1.47. The number of ether oxygens (including phenoxy) is 2. The highest BCUT2D eigenvalue weighted by Crippen LogP contribution is 2.25. The first-order valence-electron chi connectivity index (χ1n) is 7.99. The van der Waals surface area contributed by atoms with E-state index in [1.165, 1.54) is 0 Å². The maximum atomic E-state index is 6.18. The molecular formula is C21H17Cl2NO2. The fraction of sp³-hybridized carbons (Fsp3) is 0.0952. The van der Waals surface area contributed by atoms with Crippen LogP contribution < -0.4 is 9.47 Å². The van der Waals surface area contributed by atoms with E-state index in [1.54, 1.807) is 19.4 Å². The Balaban J connectivity index is 1.79. The molecule has 0 saturated carbocycles. The molecule has 3 nitrogen and oxygen atoms in total. The van der Waals surface area contributed by atoms with Crippen LogP contribution in [0.3, 0.4) is 0 Å². The molecule has 0 amide bonds. The summed E-state index contributed by atoms with van der Waals surface area (Å²) in [6.07, 6.45) is 1.73. The number of hydrogen-bond acceptors (Lipinski definition) is 3. The Morgan fingerprint density at radius 1 is 0.962 bits per heavy atom. The van der Waals surface area contributed by atoms with E-state index < -0.39 is 0 Å². The molecule has 26 heavy (non-hydrogen) atoms. The molecule has 132 valence electrons. The van der Waals surface area contributed by atoms with Gasteiger partial charge in [0.25, 0.3) is 0 Å². The molecule has 0 heterocycles. The minimum absolute atomic E-state index is 0.366. The number of rotatable bonds is 6. The summed E-state index contributed by atoms with van der Waals surface area (Å²) in [6, 6.07) is 20.5. The van der Waals surface area contributed by atoms with Crippen molar-refractivity contribution in [3.8, 4) is 11.5 Å². The lowest BCUT2D eigenvalue weighted by molar-refractivity contribution is 0.306. The zero-order valence-electron chi connectivity index (χ0n) is 14.2. The van der Waals surface area contributed by atoms with Crippen molar-refractivity contribution in [3.63, 3.8) is 0 Å². The summed E-state index contributed by atoms with van der Waals surface area (Å²) in [7, 11) is 1.63. The zero-order chi connectivity index (χ0) is 18.4. The molecule has 0 aromatic heterocycles. The fourth-order valence-electron chi connectivity index (χ4n) is 2.33. The summed E-state index contributed by atoms with van der Waals surface area (Å²) < 4.78 is 11.1. The molecule has 0 aliphatic carbocycles. The highest BCUT2D eigenvalue weighted by Gasteiger charge is 2.05. The van der Waals surface area contributed by atoms with Crippen LogP contribution in [-0.4, -0.2) is 13.3 Å². The van der Waals surface area contributed by atoms with Crippen LogP contribution in [-0.2, 0) is 6.61 Å². The topological polar surface area (TPSA) is 30.8 Å². The van der Waals surface area contributed by atoms with Crippen molar-refractivity contribution in [1.82, 2.24) is 0 Å². The molecule has 0 radical (unpaired) electrons. The van der Waals surface area contributed by atoms with Crippen LogP contribution in [0.4, 0.5) is 5.69 Å². The quantitative estimate of drug-likeness (QED) is 0.464. The number of benzene rings is 3. The lowest BCUT2D eigenvalue weighted by atomic mass is 10.2. The molecule has 5 heteroatoms. The summed E-state index contributed by atoms with van der Waals surface area (Å²) in [4.78, 5) is 4.48. The van der Waals surface area contributed by atoms with Crippen LogP contribution in [0.25, 0.3) is 0 Å². The second-order valence-corrected chi connectivity index (χ2v) is 6.36. The predicted molar refractivity (Wildman–Crippen MR) is 107 cm³/mol. The molecule has 0 spiro atoms. The molecule has 0 saturated heterocycles. The second-order valence-electron chi connectivity index (χ2n) is 5.52. The molecule has 0 fully saturated rings. The molecule has 3 rings (SSSR count). The second kappa shape index (κ2) is 8.75. The smallest absolute Gasteiger partial charge is 0.128 e. The Morgan fingerprint density at radius 3 is 2.46 bits per heavy atom. The third-order valence-corrected chi connectivity index (χ3v) is 4.34. The van der Waals surface area contributed by atoms with E-state index in [0.717, 1.165) is 22.6 Å². The number of aliphatic imine (C=N–C) groups is 1. The van der Waals surface area contributed by atoms with Crippen LogP contribution in [0.1, 0.15) is 11.1 Å². The van der Waals surface area contributed by atoms with Gasteiger partial charge in [0.1, 0.15) is 18.1 Å². The molecule has 0 bridgehead atoms. The molecule has 3 aromatic carbocycles. The molecule has 0 unspecified atom stereocenters. The number of nitrogens with zero attached hydrogens (tertiary/aromatic N) is 1. The summed E-state index contributed by atoms with van der Waals surface area (Å²) in [5, 5.41) is 1.29. The zero-order valence-corrected chi connectivity index (χ0v) is 15.7. The van der Waals surface area contributed by atoms with Crippen LogP contribution in [0.15, 0.2) is 71.7 Å². The minimum atomic E-state index is 0.366. The lowest BCUT2D eigenvalue weighted by Crippen LogP contribution is -1.99. The number of halogens is 2. The first kappa shape index (κ1) is 18.3. The highest BCUT2D eigenvalue weighted by molar-refractivity contribution is 6.31. The van der Waals surface area contributed by atoms with Crippen LogP contribution in [0, 0.1) is 0 Å². The van der Waals surface area contributed by atoms with Crippen molar-refractivity contribution in [2.75, 3.05) is 7.11 Å². The molecule has 3 aromatic rings. The SMILES string of the molecule is COc1ccc(N=Cc2cc(Cl)ccc2OCc2ccccc2Cl)cc1. The summed E-state index contributed by atoms with van der Waals surface area (Å²) in [6.45, 7) is 0.366. The average molecular weight is 386 g/mol. The molecule has 0 aliphatic rings. The normalized spacial score (nSPS) is 10.9.